The molecule has 2 heterocycles. The van der Waals surface area contributed by atoms with Gasteiger partial charge < -0.3 is 9.30 Å². The molecule has 4 rings (SSSR count). The van der Waals surface area contributed by atoms with E-state index >= 15 is 0 Å². The second kappa shape index (κ2) is 6.19. The van der Waals surface area contributed by atoms with Crippen LogP contribution >= 0.6 is 0 Å². The molecule has 0 saturated carbocycles. The van der Waals surface area contributed by atoms with Gasteiger partial charge in [0.2, 0.25) is 0 Å². The average molecular weight is 306 g/mol. The average Bonchev–Trinajstić information content (AvgIpc) is 2.89. The molecule has 23 heavy (non-hydrogen) atoms. The third kappa shape index (κ3) is 2.67. The van der Waals surface area contributed by atoms with Crippen LogP contribution in [0.2, 0.25) is 0 Å². The zero-order chi connectivity index (χ0) is 15.6. The fraction of sp³-hybridized carbons (Fsp3) is 0.300. The van der Waals surface area contributed by atoms with Crippen LogP contribution in [0.4, 0.5) is 0 Å². The fourth-order valence-electron chi connectivity index (χ4n) is 3.55. The van der Waals surface area contributed by atoms with Gasteiger partial charge in [-0.3, -0.25) is 4.90 Å². The maximum Gasteiger partial charge on any atom is 0.0594 e. The monoisotopic (exact) mass is 306 g/mol. The van der Waals surface area contributed by atoms with Gasteiger partial charge in [-0.1, -0.05) is 54.6 Å². The largest absolute Gasteiger partial charge is 0.379 e. The summed E-state index contributed by atoms with van der Waals surface area (Å²) in [6.07, 6.45) is 0. The van der Waals surface area contributed by atoms with Gasteiger partial charge in [0, 0.05) is 43.1 Å². The second-order valence-corrected chi connectivity index (χ2v) is 6.15. The van der Waals surface area contributed by atoms with Gasteiger partial charge in [-0.05, 0) is 5.56 Å². The number of morpholine rings is 1. The van der Waals surface area contributed by atoms with Gasteiger partial charge in [0.15, 0.2) is 0 Å². The van der Waals surface area contributed by atoms with Crippen molar-refractivity contribution in [3.05, 3.63) is 60.3 Å². The van der Waals surface area contributed by atoms with E-state index in [9.17, 15) is 0 Å². The summed E-state index contributed by atoms with van der Waals surface area (Å²) in [6, 6.07) is 19.4. The minimum atomic E-state index is 0.841. The number of aromatic nitrogens is 1. The highest BCUT2D eigenvalue weighted by molar-refractivity contribution is 5.98. The molecule has 0 amide bonds. The Morgan fingerprint density at radius 2 is 1.52 bits per heavy atom. The van der Waals surface area contributed by atoms with E-state index in [2.05, 4.69) is 71.1 Å². The molecule has 0 atom stereocenters. The van der Waals surface area contributed by atoms with Gasteiger partial charge in [0.05, 0.1) is 18.9 Å². The van der Waals surface area contributed by atoms with Crippen LogP contribution in [0.25, 0.3) is 22.0 Å². The topological polar surface area (TPSA) is 17.4 Å². The number of nitrogens with zero attached hydrogens (tertiary/aromatic N) is 2. The maximum absolute atomic E-state index is 5.48. The second-order valence-electron chi connectivity index (χ2n) is 6.15. The van der Waals surface area contributed by atoms with Gasteiger partial charge in [-0.15, -0.1) is 0 Å². The third-order valence-corrected chi connectivity index (χ3v) is 4.76. The van der Waals surface area contributed by atoms with E-state index in [0.29, 0.717) is 0 Å². The first-order valence-corrected chi connectivity index (χ1v) is 8.26. The van der Waals surface area contributed by atoms with Crippen LogP contribution in [0.15, 0.2) is 54.6 Å². The van der Waals surface area contributed by atoms with Crippen LogP contribution in [0.5, 0.6) is 0 Å². The zero-order valence-corrected chi connectivity index (χ0v) is 13.5. The lowest BCUT2D eigenvalue weighted by molar-refractivity contribution is 0.0335. The molecule has 2 aromatic carbocycles. The predicted molar refractivity (Wildman–Crippen MR) is 94.5 cm³/mol. The number of fused-ring (bicyclic) bond motifs is 1. The third-order valence-electron chi connectivity index (χ3n) is 4.76. The molecule has 0 N–H and O–H groups in total. The van der Waals surface area contributed by atoms with E-state index < -0.39 is 0 Å². The van der Waals surface area contributed by atoms with Crippen molar-refractivity contribution in [1.82, 2.24) is 9.47 Å². The summed E-state index contributed by atoms with van der Waals surface area (Å²) in [7, 11) is 2.19. The lowest BCUT2D eigenvalue weighted by atomic mass is 10.1. The summed E-state index contributed by atoms with van der Waals surface area (Å²) in [5.74, 6) is 0. The summed E-state index contributed by atoms with van der Waals surface area (Å²) in [5.41, 5.74) is 3.98. The number of hydrogen-bond donors (Lipinski definition) is 0. The standard InChI is InChI=1S/C20H22N2O/c1-21-19(15-22-11-13-23-14-12-22)17-9-5-6-10-18(17)20(21)16-7-3-2-4-8-16/h2-10H,11-15H2,1H3. The van der Waals surface area contributed by atoms with E-state index in [1.54, 1.807) is 0 Å². The first-order chi connectivity index (χ1) is 11.3. The highest BCUT2D eigenvalue weighted by Crippen LogP contribution is 2.33. The lowest BCUT2D eigenvalue weighted by Crippen LogP contribution is -2.36. The van der Waals surface area contributed by atoms with Crippen LogP contribution in [0.3, 0.4) is 0 Å². The number of hydrogen-bond acceptors (Lipinski definition) is 2. The Hall–Kier alpha value is -2.10. The maximum atomic E-state index is 5.48. The SMILES string of the molecule is Cn1c(CN2CCOCC2)c2ccccc2c1-c1ccccc1. The summed E-state index contributed by atoms with van der Waals surface area (Å²) < 4.78 is 7.85. The van der Waals surface area contributed by atoms with Gasteiger partial charge in [0.1, 0.15) is 0 Å². The van der Waals surface area contributed by atoms with Gasteiger partial charge in [-0.25, -0.2) is 0 Å². The van der Waals surface area contributed by atoms with Crippen molar-refractivity contribution >= 4 is 10.8 Å². The normalized spacial score (nSPS) is 16.0. The van der Waals surface area contributed by atoms with Crippen LogP contribution in [-0.2, 0) is 18.3 Å². The van der Waals surface area contributed by atoms with Crippen molar-refractivity contribution in [2.24, 2.45) is 7.05 Å². The molecule has 3 aromatic rings. The van der Waals surface area contributed by atoms with Crippen molar-refractivity contribution in [2.75, 3.05) is 26.3 Å². The van der Waals surface area contributed by atoms with E-state index in [4.69, 9.17) is 4.74 Å². The molecule has 0 radical (unpaired) electrons. The number of rotatable bonds is 3. The number of benzene rings is 2. The Labute approximate surface area is 137 Å². The highest BCUT2D eigenvalue weighted by atomic mass is 16.5. The molecule has 0 bridgehead atoms. The molecule has 1 saturated heterocycles. The smallest absolute Gasteiger partial charge is 0.0594 e. The zero-order valence-electron chi connectivity index (χ0n) is 13.5. The molecule has 0 spiro atoms. The Morgan fingerprint density at radius 3 is 2.26 bits per heavy atom. The van der Waals surface area contributed by atoms with E-state index in [0.717, 1.165) is 32.8 Å². The summed E-state index contributed by atoms with van der Waals surface area (Å²) >= 11 is 0. The van der Waals surface area contributed by atoms with Crippen LogP contribution in [0.1, 0.15) is 5.69 Å². The van der Waals surface area contributed by atoms with Crippen molar-refractivity contribution in [3.63, 3.8) is 0 Å². The first-order valence-electron chi connectivity index (χ1n) is 8.26. The Morgan fingerprint density at radius 1 is 0.870 bits per heavy atom. The molecule has 1 aliphatic heterocycles. The quantitative estimate of drug-likeness (QED) is 0.734. The predicted octanol–water partition coefficient (Wildman–Crippen LogP) is 3.68. The molecule has 1 fully saturated rings. The molecule has 3 nitrogen and oxygen atoms in total. The van der Waals surface area contributed by atoms with Crippen LogP contribution in [-0.4, -0.2) is 35.8 Å². The first kappa shape index (κ1) is 14.5. The number of ether oxygens (including phenoxy) is 1. The van der Waals surface area contributed by atoms with Gasteiger partial charge in [-0.2, -0.15) is 0 Å². The molecule has 3 heteroatoms. The van der Waals surface area contributed by atoms with E-state index in [-0.39, 0.29) is 0 Å². The molecule has 1 aliphatic rings. The highest BCUT2D eigenvalue weighted by Gasteiger charge is 2.19. The molecule has 0 aliphatic carbocycles. The van der Waals surface area contributed by atoms with Crippen molar-refractivity contribution < 1.29 is 4.74 Å². The summed E-state index contributed by atoms with van der Waals surface area (Å²) in [5, 5.41) is 2.70. The van der Waals surface area contributed by atoms with Crippen molar-refractivity contribution in [1.29, 1.82) is 0 Å². The molecule has 118 valence electrons. The molecular weight excluding hydrogens is 284 g/mol. The van der Waals surface area contributed by atoms with Crippen molar-refractivity contribution in [3.8, 4) is 11.3 Å². The van der Waals surface area contributed by atoms with Gasteiger partial charge >= 0.3 is 0 Å². The van der Waals surface area contributed by atoms with Crippen LogP contribution < -0.4 is 0 Å². The Balaban J connectivity index is 1.83. The molecular formula is C20H22N2O. The summed E-state index contributed by atoms with van der Waals surface area (Å²) in [4.78, 5) is 2.49. The van der Waals surface area contributed by atoms with E-state index in [1.807, 2.05) is 0 Å². The summed E-state index contributed by atoms with van der Waals surface area (Å²) in [6.45, 7) is 4.69. The van der Waals surface area contributed by atoms with Gasteiger partial charge in [0.25, 0.3) is 0 Å². The minimum Gasteiger partial charge on any atom is -0.379 e. The minimum absolute atomic E-state index is 0.841. The molecule has 0 unspecified atom stereocenters. The Bertz CT molecular complexity index is 801. The van der Waals surface area contributed by atoms with Crippen molar-refractivity contribution in [2.45, 2.75) is 6.54 Å². The van der Waals surface area contributed by atoms with E-state index in [1.165, 1.54) is 27.7 Å². The van der Waals surface area contributed by atoms with Crippen LogP contribution in [0, 0.1) is 0 Å². The fourth-order valence-corrected chi connectivity index (χ4v) is 3.55. The lowest BCUT2D eigenvalue weighted by Gasteiger charge is -2.27. The Kier molecular flexibility index (Phi) is 3.90. The molecule has 1 aromatic heterocycles.